The zero-order chi connectivity index (χ0) is 20.6. The molecule has 29 heavy (non-hydrogen) atoms. The Bertz CT molecular complexity index is 1140. The van der Waals surface area contributed by atoms with E-state index in [-0.39, 0.29) is 16.9 Å². The van der Waals surface area contributed by atoms with E-state index in [0.717, 1.165) is 16.3 Å². The number of aromatic hydroxyl groups is 1. The number of allylic oxidation sites excluding steroid dienone is 1. The van der Waals surface area contributed by atoms with Gasteiger partial charge in [0.2, 0.25) is 5.69 Å². The summed E-state index contributed by atoms with van der Waals surface area (Å²) in [6.45, 7) is 4.69. The first-order chi connectivity index (χ1) is 13.9. The summed E-state index contributed by atoms with van der Waals surface area (Å²) in [5, 5.41) is 23.6. The Labute approximate surface area is 173 Å². The molecule has 3 aromatic rings. The fourth-order valence-corrected chi connectivity index (χ4v) is 4.46. The van der Waals surface area contributed by atoms with E-state index in [0.29, 0.717) is 12.1 Å². The van der Waals surface area contributed by atoms with Crippen molar-refractivity contribution in [3.8, 4) is 5.75 Å². The molecule has 5 nitrogen and oxygen atoms in total. The Balaban J connectivity index is 1.85. The number of nitro groups is 1. The third kappa shape index (κ3) is 3.47. The molecule has 0 unspecified atom stereocenters. The predicted octanol–water partition coefficient (Wildman–Crippen LogP) is 5.65. The van der Waals surface area contributed by atoms with Crippen LogP contribution in [0.2, 0.25) is 0 Å². The van der Waals surface area contributed by atoms with E-state index < -0.39 is 4.92 Å². The largest absolute Gasteiger partial charge is 0.507 e. The van der Waals surface area contributed by atoms with E-state index in [2.05, 4.69) is 48.8 Å². The highest BCUT2D eigenvalue weighted by atomic mass is 32.1. The lowest BCUT2D eigenvalue weighted by Crippen LogP contribution is -2.27. The second-order valence-electron chi connectivity index (χ2n) is 7.53. The van der Waals surface area contributed by atoms with Crippen LogP contribution in [0.25, 0.3) is 6.08 Å². The Morgan fingerprint density at radius 1 is 1.14 bits per heavy atom. The molecule has 2 heterocycles. The highest BCUT2D eigenvalue weighted by Gasteiger charge is 2.44. The van der Waals surface area contributed by atoms with Crippen LogP contribution in [0, 0.1) is 10.1 Å². The van der Waals surface area contributed by atoms with E-state index >= 15 is 0 Å². The number of phenols is 1. The molecule has 0 atom stereocenters. The number of nitrogens with zero attached hydrogens (tertiary/aromatic N) is 2. The third-order valence-electron chi connectivity index (χ3n) is 5.35. The standard InChI is InChI=1S/C23H20N2O3S/c1-23(2)19-7-3-4-8-20(19)24(22(23)12-10-18-6-5-13-29-18)15-16-14-17(25(27)28)9-11-21(16)26/h3-14H,15H2,1-2H3/p+1/b12-10+. The fourth-order valence-electron chi connectivity index (χ4n) is 3.84. The van der Waals surface area contributed by atoms with Crippen LogP contribution in [-0.4, -0.2) is 20.3 Å². The minimum atomic E-state index is -0.438. The van der Waals surface area contributed by atoms with Crippen molar-refractivity contribution < 1.29 is 14.6 Å². The van der Waals surface area contributed by atoms with Crippen LogP contribution in [0.4, 0.5) is 11.4 Å². The summed E-state index contributed by atoms with van der Waals surface area (Å²) in [5.41, 5.74) is 3.58. The van der Waals surface area contributed by atoms with Crippen molar-refractivity contribution in [1.29, 1.82) is 0 Å². The summed E-state index contributed by atoms with van der Waals surface area (Å²) < 4.78 is 2.14. The maximum Gasteiger partial charge on any atom is 0.270 e. The van der Waals surface area contributed by atoms with Gasteiger partial charge in [-0.2, -0.15) is 4.58 Å². The molecule has 1 aliphatic rings. The van der Waals surface area contributed by atoms with E-state index in [4.69, 9.17) is 0 Å². The molecule has 6 heteroatoms. The van der Waals surface area contributed by atoms with Gasteiger partial charge in [0.25, 0.3) is 5.69 Å². The third-order valence-corrected chi connectivity index (χ3v) is 6.19. The van der Waals surface area contributed by atoms with Crippen molar-refractivity contribution in [3.63, 3.8) is 0 Å². The number of rotatable bonds is 5. The first-order valence-corrected chi connectivity index (χ1v) is 10.2. The van der Waals surface area contributed by atoms with E-state index in [1.165, 1.54) is 23.8 Å². The Morgan fingerprint density at radius 2 is 1.93 bits per heavy atom. The summed E-state index contributed by atoms with van der Waals surface area (Å²) in [4.78, 5) is 11.9. The van der Waals surface area contributed by atoms with Gasteiger partial charge in [-0.15, -0.1) is 11.3 Å². The Kier molecular flexibility index (Phi) is 4.80. The number of nitro benzene ring substituents is 1. The molecule has 0 spiro atoms. The van der Waals surface area contributed by atoms with Crippen LogP contribution in [0.15, 0.2) is 66.1 Å². The molecule has 1 N–H and O–H groups in total. The minimum absolute atomic E-state index is 0.0276. The predicted molar refractivity (Wildman–Crippen MR) is 116 cm³/mol. The number of non-ortho nitro benzene ring substituents is 1. The van der Waals surface area contributed by atoms with E-state index in [1.807, 2.05) is 23.6 Å². The maximum absolute atomic E-state index is 11.2. The quantitative estimate of drug-likeness (QED) is 0.339. The van der Waals surface area contributed by atoms with Crippen molar-refractivity contribution in [1.82, 2.24) is 0 Å². The molecule has 1 aliphatic heterocycles. The van der Waals surface area contributed by atoms with Gasteiger partial charge in [-0.1, -0.05) is 24.3 Å². The van der Waals surface area contributed by atoms with E-state index in [1.54, 1.807) is 11.3 Å². The molecule has 0 saturated carbocycles. The monoisotopic (exact) mass is 405 g/mol. The highest BCUT2D eigenvalue weighted by molar-refractivity contribution is 7.10. The molecule has 2 aromatic carbocycles. The second-order valence-corrected chi connectivity index (χ2v) is 8.51. The molecule has 0 saturated heterocycles. The average Bonchev–Trinajstić information content (AvgIpc) is 3.28. The van der Waals surface area contributed by atoms with Crippen LogP contribution >= 0.6 is 11.3 Å². The topological polar surface area (TPSA) is 66.4 Å². The van der Waals surface area contributed by atoms with Gasteiger partial charge in [0.05, 0.1) is 15.9 Å². The smallest absolute Gasteiger partial charge is 0.270 e. The van der Waals surface area contributed by atoms with Gasteiger partial charge in [-0.25, -0.2) is 0 Å². The van der Waals surface area contributed by atoms with Crippen molar-refractivity contribution in [3.05, 3.63) is 92.2 Å². The minimum Gasteiger partial charge on any atom is -0.507 e. The summed E-state index contributed by atoms with van der Waals surface area (Å²) in [6, 6.07) is 16.4. The SMILES string of the molecule is CC1(C)C(/C=C/c2cccs2)=[N+](Cc2cc([N+](=O)[O-])ccc2O)c2ccccc21. The molecule has 4 rings (SSSR count). The summed E-state index contributed by atoms with van der Waals surface area (Å²) in [6.07, 6.45) is 4.20. The molecule has 0 aliphatic carbocycles. The molecular weight excluding hydrogens is 384 g/mol. The summed E-state index contributed by atoms with van der Waals surface area (Å²) in [7, 11) is 0. The van der Waals surface area contributed by atoms with Gasteiger partial charge in [0.15, 0.2) is 12.3 Å². The van der Waals surface area contributed by atoms with Gasteiger partial charge < -0.3 is 5.11 Å². The van der Waals surface area contributed by atoms with Crippen LogP contribution in [-0.2, 0) is 12.0 Å². The van der Waals surface area contributed by atoms with E-state index in [9.17, 15) is 15.2 Å². The summed E-state index contributed by atoms with van der Waals surface area (Å²) in [5.74, 6) is 0.0550. The Morgan fingerprint density at radius 3 is 2.66 bits per heavy atom. The van der Waals surface area contributed by atoms with Gasteiger partial charge in [-0.05, 0) is 37.4 Å². The van der Waals surface area contributed by atoms with Crippen LogP contribution < -0.4 is 0 Å². The first kappa shape index (κ1) is 19.1. The maximum atomic E-state index is 11.2. The first-order valence-electron chi connectivity index (χ1n) is 9.30. The van der Waals surface area contributed by atoms with Gasteiger partial charge in [-0.3, -0.25) is 10.1 Å². The van der Waals surface area contributed by atoms with Gasteiger partial charge in [0.1, 0.15) is 5.75 Å². The number of hydrogen-bond acceptors (Lipinski definition) is 4. The van der Waals surface area contributed by atoms with Gasteiger partial charge >= 0.3 is 0 Å². The highest BCUT2D eigenvalue weighted by Crippen LogP contribution is 2.41. The number of thiophene rings is 1. The van der Waals surface area contributed by atoms with Crippen molar-refractivity contribution in [2.75, 3.05) is 0 Å². The fraction of sp³-hybridized carbons (Fsp3) is 0.174. The van der Waals surface area contributed by atoms with Crippen LogP contribution in [0.3, 0.4) is 0 Å². The van der Waals surface area contributed by atoms with Crippen molar-refractivity contribution in [2.24, 2.45) is 0 Å². The lowest BCUT2D eigenvalue weighted by Gasteiger charge is -2.15. The lowest BCUT2D eigenvalue weighted by molar-refractivity contribution is -0.455. The molecule has 0 radical (unpaired) electrons. The number of fused-ring (bicyclic) bond motifs is 1. The number of benzene rings is 2. The molecular formula is C23H21N2O3S+. The summed E-state index contributed by atoms with van der Waals surface area (Å²) >= 11 is 1.67. The normalized spacial score (nSPS) is 15.1. The number of para-hydroxylation sites is 1. The van der Waals surface area contributed by atoms with Crippen molar-refractivity contribution in [2.45, 2.75) is 25.8 Å². The van der Waals surface area contributed by atoms with Gasteiger partial charge in [0, 0.05) is 34.7 Å². The lowest BCUT2D eigenvalue weighted by atomic mass is 9.81. The number of phenolic OH excluding ortho intramolecular Hbond substituents is 1. The molecule has 0 amide bonds. The van der Waals surface area contributed by atoms with Crippen LogP contribution in [0.5, 0.6) is 5.75 Å². The van der Waals surface area contributed by atoms with Crippen LogP contribution in [0.1, 0.15) is 29.9 Å². The number of hydrogen-bond donors (Lipinski definition) is 1. The zero-order valence-electron chi connectivity index (χ0n) is 16.2. The molecule has 0 bridgehead atoms. The molecule has 0 fully saturated rings. The molecule has 146 valence electrons. The van der Waals surface area contributed by atoms with Crippen molar-refractivity contribution >= 4 is 34.5 Å². The second kappa shape index (κ2) is 7.29. The zero-order valence-corrected chi connectivity index (χ0v) is 17.0. The molecule has 1 aromatic heterocycles. The average molecular weight is 405 g/mol. The Hall–Kier alpha value is -3.25.